The van der Waals surface area contributed by atoms with Gasteiger partial charge in [0.2, 0.25) is 11.8 Å². The van der Waals surface area contributed by atoms with Crippen LogP contribution in [-0.2, 0) is 24.3 Å². The highest BCUT2D eigenvalue weighted by Crippen LogP contribution is 2.21. The Bertz CT molecular complexity index is 688. The second kappa shape index (κ2) is 8.20. The number of carbonyl (C=O) groups is 1. The number of hydrogen-bond donors (Lipinski definition) is 0. The van der Waals surface area contributed by atoms with Crippen molar-refractivity contribution in [2.75, 3.05) is 13.6 Å². The Morgan fingerprint density at radius 3 is 3.04 bits per heavy atom. The molecule has 0 N–H and O–H groups in total. The number of piperidine rings is 1. The topological polar surface area (TPSA) is 75.4 Å². The van der Waals surface area contributed by atoms with E-state index in [1.807, 2.05) is 19.2 Å². The molecule has 2 aromatic heterocycles. The molecule has 1 aliphatic heterocycles. The fourth-order valence-electron chi connectivity index (χ4n) is 3.22. The summed E-state index contributed by atoms with van der Waals surface area (Å²) >= 11 is 0. The average Bonchev–Trinajstić information content (AvgIpc) is 3.10. The van der Waals surface area contributed by atoms with Gasteiger partial charge in [0, 0.05) is 32.4 Å². The van der Waals surface area contributed by atoms with Crippen LogP contribution < -0.4 is 0 Å². The zero-order valence-electron chi connectivity index (χ0n) is 14.9. The molecular formula is C18H25N5O2. The van der Waals surface area contributed by atoms with Crippen LogP contribution in [0.1, 0.15) is 43.5 Å². The van der Waals surface area contributed by atoms with Crippen molar-refractivity contribution in [3.8, 4) is 0 Å². The summed E-state index contributed by atoms with van der Waals surface area (Å²) in [5.41, 5.74) is 1.13. The average molecular weight is 343 g/mol. The molecule has 0 spiro atoms. The molecule has 0 aromatic carbocycles. The monoisotopic (exact) mass is 343 g/mol. The van der Waals surface area contributed by atoms with Gasteiger partial charge in [-0.1, -0.05) is 24.6 Å². The molecule has 0 radical (unpaired) electrons. The molecule has 3 rings (SSSR count). The molecule has 3 heterocycles. The van der Waals surface area contributed by atoms with Crippen LogP contribution in [0.2, 0.25) is 0 Å². The van der Waals surface area contributed by atoms with Crippen LogP contribution >= 0.6 is 0 Å². The number of aryl methyl sites for hydroxylation is 1. The summed E-state index contributed by atoms with van der Waals surface area (Å²) < 4.78 is 5.21. The zero-order chi connectivity index (χ0) is 17.6. The minimum absolute atomic E-state index is 0.104. The third-order valence-corrected chi connectivity index (χ3v) is 4.58. The van der Waals surface area contributed by atoms with Crippen LogP contribution in [0.4, 0.5) is 0 Å². The molecule has 0 aliphatic carbocycles. The van der Waals surface area contributed by atoms with Gasteiger partial charge in [-0.05, 0) is 31.0 Å². The Kier molecular flexibility index (Phi) is 5.75. The molecule has 1 unspecified atom stereocenters. The van der Waals surface area contributed by atoms with E-state index >= 15 is 0 Å². The van der Waals surface area contributed by atoms with Crippen LogP contribution in [0, 0.1) is 0 Å². The van der Waals surface area contributed by atoms with Gasteiger partial charge in [0.15, 0.2) is 5.82 Å². The molecule has 25 heavy (non-hydrogen) atoms. The molecule has 0 saturated carbocycles. The summed E-state index contributed by atoms with van der Waals surface area (Å²) in [6.45, 7) is 4.00. The molecule has 0 bridgehead atoms. The van der Waals surface area contributed by atoms with Gasteiger partial charge in [-0.15, -0.1) is 0 Å². The first-order valence-electron chi connectivity index (χ1n) is 8.86. The van der Waals surface area contributed by atoms with E-state index in [9.17, 15) is 4.79 Å². The van der Waals surface area contributed by atoms with Gasteiger partial charge in [-0.3, -0.25) is 14.7 Å². The van der Waals surface area contributed by atoms with E-state index in [2.05, 4.69) is 26.1 Å². The highest BCUT2D eigenvalue weighted by Gasteiger charge is 2.31. The maximum Gasteiger partial charge on any atom is 0.246 e. The Hall–Kier alpha value is -2.28. The first-order valence-corrected chi connectivity index (χ1v) is 8.86. The Morgan fingerprint density at radius 2 is 2.32 bits per heavy atom. The zero-order valence-corrected chi connectivity index (χ0v) is 14.9. The molecular weight excluding hydrogens is 318 g/mol. The van der Waals surface area contributed by atoms with E-state index in [0.29, 0.717) is 18.3 Å². The predicted molar refractivity (Wildman–Crippen MR) is 92.4 cm³/mol. The summed E-state index contributed by atoms with van der Waals surface area (Å²) in [5, 5.41) is 3.89. The molecule has 134 valence electrons. The van der Waals surface area contributed by atoms with E-state index in [4.69, 9.17) is 4.52 Å². The van der Waals surface area contributed by atoms with Gasteiger partial charge < -0.3 is 9.42 Å². The van der Waals surface area contributed by atoms with Gasteiger partial charge in [0.05, 0.1) is 12.6 Å². The third kappa shape index (κ3) is 4.42. The molecule has 1 saturated heterocycles. The molecule has 1 aliphatic rings. The van der Waals surface area contributed by atoms with Crippen molar-refractivity contribution in [1.29, 1.82) is 0 Å². The largest absolute Gasteiger partial charge is 0.337 e. The van der Waals surface area contributed by atoms with Crippen LogP contribution in [0.25, 0.3) is 0 Å². The lowest BCUT2D eigenvalue weighted by molar-refractivity contribution is -0.138. The molecule has 1 amide bonds. The van der Waals surface area contributed by atoms with Crippen molar-refractivity contribution in [3.05, 3.63) is 41.8 Å². The Balaban J connectivity index is 1.65. The molecule has 1 fully saturated rings. The minimum atomic E-state index is -0.104. The first-order chi connectivity index (χ1) is 12.2. The van der Waals surface area contributed by atoms with Crippen molar-refractivity contribution in [1.82, 2.24) is 24.9 Å². The van der Waals surface area contributed by atoms with Crippen LogP contribution in [0.5, 0.6) is 0 Å². The Morgan fingerprint density at radius 1 is 1.44 bits per heavy atom. The van der Waals surface area contributed by atoms with Gasteiger partial charge in [0.1, 0.15) is 0 Å². The van der Waals surface area contributed by atoms with Crippen LogP contribution in [0.3, 0.4) is 0 Å². The number of likely N-dealkylation sites (N-methyl/N-ethyl adjacent to an activating group) is 1. The van der Waals surface area contributed by atoms with Gasteiger partial charge in [-0.25, -0.2) is 0 Å². The number of hydrogen-bond acceptors (Lipinski definition) is 6. The predicted octanol–water partition coefficient (Wildman–Crippen LogP) is 2.04. The van der Waals surface area contributed by atoms with E-state index in [1.54, 1.807) is 18.1 Å². The number of likely N-dealkylation sites (tertiary alicyclic amines) is 1. The second-order valence-electron chi connectivity index (χ2n) is 6.50. The van der Waals surface area contributed by atoms with Crippen molar-refractivity contribution in [2.45, 2.75) is 51.7 Å². The van der Waals surface area contributed by atoms with E-state index < -0.39 is 0 Å². The lowest BCUT2D eigenvalue weighted by atomic mass is 10.00. The first kappa shape index (κ1) is 17.5. The molecule has 7 nitrogen and oxygen atoms in total. The number of rotatable bonds is 6. The quantitative estimate of drug-likeness (QED) is 0.799. The minimum Gasteiger partial charge on any atom is -0.337 e. The SMILES string of the molecule is CCc1noc(CN(C)C(=O)C2CCCCN2Cc2cccnc2)n1. The second-order valence-corrected chi connectivity index (χ2v) is 6.50. The lowest BCUT2D eigenvalue weighted by Crippen LogP contribution is -2.49. The highest BCUT2D eigenvalue weighted by atomic mass is 16.5. The standard InChI is InChI=1S/C18H25N5O2/c1-3-16-20-17(25-21-16)13-22(2)18(24)15-8-4-5-10-23(15)12-14-7-6-9-19-11-14/h6-7,9,11,15H,3-5,8,10,12-13H2,1-2H3. The fraction of sp³-hybridized carbons (Fsp3) is 0.556. The summed E-state index contributed by atoms with van der Waals surface area (Å²) in [7, 11) is 1.80. The van der Waals surface area contributed by atoms with Crippen LogP contribution in [0.15, 0.2) is 29.0 Å². The number of aromatic nitrogens is 3. The van der Waals surface area contributed by atoms with Gasteiger partial charge >= 0.3 is 0 Å². The van der Waals surface area contributed by atoms with Crippen molar-refractivity contribution < 1.29 is 9.32 Å². The van der Waals surface area contributed by atoms with Crippen molar-refractivity contribution >= 4 is 5.91 Å². The number of carbonyl (C=O) groups excluding carboxylic acids is 1. The number of nitrogens with zero attached hydrogens (tertiary/aromatic N) is 5. The van der Waals surface area contributed by atoms with E-state index in [1.165, 1.54) is 0 Å². The number of pyridine rings is 1. The Labute approximate surface area is 148 Å². The normalized spacial score (nSPS) is 18.2. The van der Waals surface area contributed by atoms with Crippen molar-refractivity contribution in [3.63, 3.8) is 0 Å². The summed E-state index contributed by atoms with van der Waals surface area (Å²) in [4.78, 5) is 25.4. The smallest absolute Gasteiger partial charge is 0.246 e. The fourth-order valence-corrected chi connectivity index (χ4v) is 3.22. The summed E-state index contributed by atoms with van der Waals surface area (Å²) in [5.74, 6) is 1.27. The maximum atomic E-state index is 13.0. The third-order valence-electron chi connectivity index (χ3n) is 4.58. The van der Waals surface area contributed by atoms with E-state index in [-0.39, 0.29) is 11.9 Å². The van der Waals surface area contributed by atoms with Crippen LogP contribution in [-0.4, -0.2) is 50.5 Å². The molecule has 2 aromatic rings. The van der Waals surface area contributed by atoms with E-state index in [0.717, 1.165) is 44.3 Å². The highest BCUT2D eigenvalue weighted by molar-refractivity contribution is 5.81. The van der Waals surface area contributed by atoms with Gasteiger partial charge in [-0.2, -0.15) is 4.98 Å². The maximum absolute atomic E-state index is 13.0. The lowest BCUT2D eigenvalue weighted by Gasteiger charge is -2.36. The summed E-state index contributed by atoms with van der Waals surface area (Å²) in [6.07, 6.45) is 7.44. The van der Waals surface area contributed by atoms with Crippen molar-refractivity contribution in [2.24, 2.45) is 0 Å². The molecule has 1 atom stereocenters. The summed E-state index contributed by atoms with van der Waals surface area (Å²) in [6, 6.07) is 3.88. The van der Waals surface area contributed by atoms with Gasteiger partial charge in [0.25, 0.3) is 0 Å². The number of amides is 1. The molecule has 7 heteroatoms.